The van der Waals surface area contributed by atoms with Crippen LogP contribution < -0.4 is 10.2 Å². The molecule has 12 heteroatoms. The van der Waals surface area contributed by atoms with Gasteiger partial charge in [-0.2, -0.15) is 0 Å². The highest BCUT2D eigenvalue weighted by atomic mass is 16.8. The molecule has 0 amide bonds. The molecule has 200 valence electrons. The van der Waals surface area contributed by atoms with Gasteiger partial charge in [-0.15, -0.1) is 0 Å². The fourth-order valence-electron chi connectivity index (χ4n) is 4.69. The highest BCUT2D eigenvalue weighted by Crippen LogP contribution is 2.34. The molecule has 37 heavy (non-hydrogen) atoms. The topological polar surface area (TPSA) is 189 Å². The predicted octanol–water partition coefficient (Wildman–Crippen LogP) is -0.0818. The van der Waals surface area contributed by atoms with E-state index in [4.69, 9.17) is 23.4 Å². The number of phenols is 1. The molecule has 2 aliphatic heterocycles. The monoisotopic (exact) mass is 520 g/mol. The summed E-state index contributed by atoms with van der Waals surface area (Å²) in [6.45, 7) is 0.855. The Kier molecular flexibility index (Phi) is 6.85. The van der Waals surface area contributed by atoms with Crippen LogP contribution >= 0.6 is 0 Å². The number of hydrogen-bond acceptors (Lipinski definition) is 12. The van der Waals surface area contributed by atoms with Crippen molar-refractivity contribution >= 4 is 21.9 Å². The van der Waals surface area contributed by atoms with Crippen LogP contribution in [0, 0.1) is 5.92 Å². The molecule has 8 unspecified atom stereocenters. The zero-order valence-electron chi connectivity index (χ0n) is 19.8. The molecule has 8 atom stereocenters. The summed E-state index contributed by atoms with van der Waals surface area (Å²) in [4.78, 5) is 13.0. The minimum atomic E-state index is -1.73. The van der Waals surface area contributed by atoms with E-state index in [9.17, 15) is 35.4 Å². The lowest BCUT2D eigenvalue weighted by Crippen LogP contribution is -2.60. The van der Waals surface area contributed by atoms with Crippen LogP contribution in [-0.4, -0.2) is 86.6 Å². The first kappa shape index (κ1) is 25.8. The minimum absolute atomic E-state index is 0.00770. The van der Waals surface area contributed by atoms with Crippen LogP contribution in [0.25, 0.3) is 21.9 Å². The third kappa shape index (κ3) is 4.78. The summed E-state index contributed by atoms with van der Waals surface area (Å²) in [6, 6.07) is 8.80. The molecule has 0 spiro atoms. The smallest absolute Gasteiger partial charge is 0.229 e. The lowest BCUT2D eigenvalue weighted by atomic mass is 9.99. The molecule has 3 heterocycles. The van der Waals surface area contributed by atoms with Crippen molar-refractivity contribution in [3.8, 4) is 11.5 Å². The van der Waals surface area contributed by atoms with E-state index in [1.165, 1.54) is 24.3 Å². The summed E-state index contributed by atoms with van der Waals surface area (Å²) in [5, 5.41) is 60.9. The van der Waals surface area contributed by atoms with Gasteiger partial charge in [0.15, 0.2) is 12.1 Å². The van der Waals surface area contributed by atoms with Crippen molar-refractivity contribution in [2.24, 2.45) is 5.92 Å². The molecule has 6 N–H and O–H groups in total. The number of phenolic OH excluding ortho intramolecular Hbond substituents is 1. The van der Waals surface area contributed by atoms with E-state index < -0.39 is 54.8 Å². The Labute approximate surface area is 209 Å². The molecule has 1 aromatic heterocycles. The van der Waals surface area contributed by atoms with Crippen molar-refractivity contribution in [2.75, 3.05) is 13.2 Å². The maximum absolute atomic E-state index is 13.0. The van der Waals surface area contributed by atoms with Gasteiger partial charge in [0.05, 0.1) is 18.6 Å². The van der Waals surface area contributed by atoms with Gasteiger partial charge in [-0.25, -0.2) is 0 Å². The predicted molar refractivity (Wildman–Crippen MR) is 126 cm³/mol. The van der Waals surface area contributed by atoms with Crippen molar-refractivity contribution in [2.45, 2.75) is 56.1 Å². The molecule has 5 rings (SSSR count). The normalized spacial score (nSPS) is 34.3. The quantitative estimate of drug-likeness (QED) is 0.238. The third-order valence-corrected chi connectivity index (χ3v) is 6.68. The second-order valence-corrected chi connectivity index (χ2v) is 9.48. The molecule has 2 aromatic carbocycles. The summed E-state index contributed by atoms with van der Waals surface area (Å²) >= 11 is 0. The van der Waals surface area contributed by atoms with Crippen molar-refractivity contribution in [1.82, 2.24) is 0 Å². The molecule has 0 bridgehead atoms. The first-order chi connectivity index (χ1) is 17.6. The van der Waals surface area contributed by atoms with E-state index in [-0.39, 0.29) is 52.4 Å². The van der Waals surface area contributed by atoms with Crippen LogP contribution in [0.5, 0.6) is 11.5 Å². The Morgan fingerprint density at radius 3 is 2.57 bits per heavy atom. The lowest BCUT2D eigenvalue weighted by Gasteiger charge is -2.40. The molecule has 12 nitrogen and oxygen atoms in total. The van der Waals surface area contributed by atoms with Crippen LogP contribution in [0.2, 0.25) is 0 Å². The SMILES string of the molecule is CC1CC(O)(CO)OC1OCC1OC(Oc2ccc3oc4cccc(O)c4c(=O)c3c2)C(O)C(O)C1O. The van der Waals surface area contributed by atoms with Crippen molar-refractivity contribution in [1.29, 1.82) is 0 Å². The minimum Gasteiger partial charge on any atom is -0.507 e. The molecular weight excluding hydrogens is 492 g/mol. The highest BCUT2D eigenvalue weighted by molar-refractivity contribution is 5.93. The Hall–Kier alpha value is -2.81. The van der Waals surface area contributed by atoms with E-state index in [0.717, 1.165) is 0 Å². The number of fused-ring (bicyclic) bond motifs is 2. The van der Waals surface area contributed by atoms with Crippen molar-refractivity contribution in [3.63, 3.8) is 0 Å². The van der Waals surface area contributed by atoms with Crippen molar-refractivity contribution < 1.29 is 54.0 Å². The highest BCUT2D eigenvalue weighted by Gasteiger charge is 2.47. The Balaban J connectivity index is 1.34. The molecule has 0 radical (unpaired) electrons. The maximum atomic E-state index is 13.0. The number of aromatic hydroxyl groups is 1. The number of rotatable bonds is 6. The summed E-state index contributed by atoms with van der Waals surface area (Å²) < 4.78 is 28.1. The fraction of sp³-hybridized carbons (Fsp3) is 0.480. The van der Waals surface area contributed by atoms with E-state index in [2.05, 4.69) is 0 Å². The summed E-state index contributed by atoms with van der Waals surface area (Å²) in [7, 11) is 0. The molecule has 0 aliphatic carbocycles. The van der Waals surface area contributed by atoms with Gasteiger partial charge in [0.1, 0.15) is 52.5 Å². The average Bonchev–Trinajstić information content (AvgIpc) is 3.17. The molecule has 3 aromatic rings. The zero-order valence-corrected chi connectivity index (χ0v) is 19.8. The second kappa shape index (κ2) is 9.82. The maximum Gasteiger partial charge on any atom is 0.229 e. The van der Waals surface area contributed by atoms with E-state index in [1.807, 2.05) is 0 Å². The number of aliphatic hydroxyl groups excluding tert-OH is 4. The van der Waals surface area contributed by atoms with Gasteiger partial charge >= 0.3 is 0 Å². The van der Waals surface area contributed by atoms with Gasteiger partial charge in [0.25, 0.3) is 0 Å². The van der Waals surface area contributed by atoms with Gasteiger partial charge in [-0.3, -0.25) is 4.79 Å². The van der Waals surface area contributed by atoms with Crippen LogP contribution in [0.4, 0.5) is 0 Å². The Morgan fingerprint density at radius 2 is 1.84 bits per heavy atom. The zero-order chi connectivity index (χ0) is 26.5. The van der Waals surface area contributed by atoms with Gasteiger partial charge in [0.2, 0.25) is 11.7 Å². The van der Waals surface area contributed by atoms with E-state index in [0.29, 0.717) is 0 Å². The lowest BCUT2D eigenvalue weighted by molar-refractivity contribution is -0.302. The summed E-state index contributed by atoms with van der Waals surface area (Å²) in [5.41, 5.74) is -0.0221. The average molecular weight is 520 g/mol. The number of benzene rings is 2. The van der Waals surface area contributed by atoms with Gasteiger partial charge in [-0.1, -0.05) is 13.0 Å². The fourth-order valence-corrected chi connectivity index (χ4v) is 4.69. The van der Waals surface area contributed by atoms with Crippen LogP contribution in [0.15, 0.2) is 45.6 Å². The molecule has 2 fully saturated rings. The molecule has 2 saturated heterocycles. The largest absolute Gasteiger partial charge is 0.507 e. The van der Waals surface area contributed by atoms with Gasteiger partial charge in [0, 0.05) is 12.3 Å². The second-order valence-electron chi connectivity index (χ2n) is 9.48. The number of ether oxygens (including phenoxy) is 4. The Bertz CT molecular complexity index is 1340. The van der Waals surface area contributed by atoms with E-state index >= 15 is 0 Å². The van der Waals surface area contributed by atoms with Crippen LogP contribution in [-0.2, 0) is 14.2 Å². The molecule has 2 aliphatic rings. The molecular formula is C25H28O12. The number of aliphatic hydroxyl groups is 5. The Morgan fingerprint density at radius 1 is 1.05 bits per heavy atom. The summed E-state index contributed by atoms with van der Waals surface area (Å²) in [6.07, 6.45) is -8.16. The van der Waals surface area contributed by atoms with Gasteiger partial charge in [-0.05, 0) is 30.3 Å². The van der Waals surface area contributed by atoms with Gasteiger partial charge < -0.3 is 54.0 Å². The first-order valence-corrected chi connectivity index (χ1v) is 11.8. The standard InChI is InChI=1S/C25H28O12/c1-11-8-25(32,10-26)37-23(11)33-9-17-20(29)21(30)22(31)24(36-17)34-12-5-6-15-13(7-12)19(28)18-14(27)3-2-4-16(18)35-15/h2-7,11,17,20-24,26-27,29-32H,8-10H2,1H3. The first-order valence-electron chi connectivity index (χ1n) is 11.8. The van der Waals surface area contributed by atoms with E-state index in [1.54, 1.807) is 19.1 Å². The third-order valence-electron chi connectivity index (χ3n) is 6.68. The summed E-state index contributed by atoms with van der Waals surface area (Å²) in [5.74, 6) is -2.14. The van der Waals surface area contributed by atoms with Crippen molar-refractivity contribution in [3.05, 3.63) is 46.6 Å². The van der Waals surface area contributed by atoms with Crippen LogP contribution in [0.1, 0.15) is 13.3 Å². The number of hydrogen-bond donors (Lipinski definition) is 6. The molecule has 0 saturated carbocycles. The van der Waals surface area contributed by atoms with Crippen LogP contribution in [0.3, 0.4) is 0 Å².